The average Bonchev–Trinajstić information content (AvgIpc) is 3.59. The Morgan fingerprint density at radius 2 is 1.38 bits per heavy atom. The van der Waals surface area contributed by atoms with Crippen LogP contribution in [0.5, 0.6) is 5.75 Å². The van der Waals surface area contributed by atoms with Crippen molar-refractivity contribution >= 4 is 55.2 Å². The van der Waals surface area contributed by atoms with Gasteiger partial charge in [0.05, 0.1) is 0 Å². The molecule has 0 amide bonds. The predicted molar refractivity (Wildman–Crippen MR) is 216 cm³/mol. The molecule has 1 nitrogen and oxygen atoms in total. The number of phenols is 1. The third kappa shape index (κ3) is 5.19. The molecule has 1 heterocycles. The summed E-state index contributed by atoms with van der Waals surface area (Å²) in [5.74, 6) is 0.361. The van der Waals surface area contributed by atoms with Crippen molar-refractivity contribution < 1.29 is 5.11 Å². The van der Waals surface area contributed by atoms with E-state index in [9.17, 15) is 5.11 Å². The van der Waals surface area contributed by atoms with Gasteiger partial charge >= 0.3 is 0 Å². The first-order valence-electron chi connectivity index (χ1n) is 17.5. The highest BCUT2D eigenvalue weighted by Crippen LogP contribution is 2.50. The van der Waals surface area contributed by atoms with Crippen LogP contribution in [-0.4, -0.2) is 5.11 Å². The highest BCUT2D eigenvalue weighted by molar-refractivity contribution is 8.03. The maximum absolute atomic E-state index is 11.6. The number of aromatic hydroxyl groups is 1. The second-order valence-corrected chi connectivity index (χ2v) is 14.3. The van der Waals surface area contributed by atoms with Gasteiger partial charge in [-0.05, 0) is 108 Å². The standard InChI is InChI=1S/C48H36OS/c1-2-31(29-38-30-37-25-24-34-26-27-39(32-14-5-3-6-15-32)47(49)46(34)48(37)50-38)35-18-13-19-36(28-35)45-42-22-11-9-20-40(42)44(33-16-7-4-8-17-33)41-21-10-12-23-43(41)45/h2-7,9-16,18-29,49H,8,17,30H2,1H3/b31-2+,38-29+. The van der Waals surface area contributed by atoms with Crippen LogP contribution in [0.1, 0.15) is 36.5 Å². The fraction of sp³-hybridized carbons (Fsp3) is 0.0833. The summed E-state index contributed by atoms with van der Waals surface area (Å²) in [4.78, 5) is 2.44. The lowest BCUT2D eigenvalue weighted by atomic mass is 9.83. The van der Waals surface area contributed by atoms with Crippen LogP contribution in [0.15, 0.2) is 168 Å². The highest BCUT2D eigenvalue weighted by Gasteiger charge is 2.23. The van der Waals surface area contributed by atoms with E-state index in [0.717, 1.165) is 46.1 Å². The second-order valence-electron chi connectivity index (χ2n) is 13.2. The van der Waals surface area contributed by atoms with Crippen molar-refractivity contribution in [2.45, 2.75) is 31.1 Å². The molecule has 0 atom stereocenters. The highest BCUT2D eigenvalue weighted by atomic mass is 32.2. The Labute approximate surface area is 297 Å². The van der Waals surface area contributed by atoms with Crippen molar-refractivity contribution in [2.24, 2.45) is 0 Å². The van der Waals surface area contributed by atoms with Gasteiger partial charge in [0.1, 0.15) is 5.75 Å². The van der Waals surface area contributed by atoms with Gasteiger partial charge in [-0.3, -0.25) is 0 Å². The molecule has 0 spiro atoms. The van der Waals surface area contributed by atoms with Crippen LogP contribution >= 0.6 is 11.8 Å². The van der Waals surface area contributed by atoms with Gasteiger partial charge in [-0.25, -0.2) is 0 Å². The van der Waals surface area contributed by atoms with Gasteiger partial charge in [0.15, 0.2) is 0 Å². The van der Waals surface area contributed by atoms with E-state index < -0.39 is 0 Å². The number of fused-ring (bicyclic) bond motifs is 5. The van der Waals surface area contributed by atoms with Crippen LogP contribution < -0.4 is 0 Å². The van der Waals surface area contributed by atoms with Crippen molar-refractivity contribution in [3.8, 4) is 28.0 Å². The number of hydrogen-bond acceptors (Lipinski definition) is 2. The van der Waals surface area contributed by atoms with E-state index in [1.165, 1.54) is 65.4 Å². The summed E-state index contributed by atoms with van der Waals surface area (Å²) in [7, 11) is 0. The molecule has 2 heteroatoms. The molecule has 2 aliphatic rings. The van der Waals surface area contributed by atoms with Crippen LogP contribution in [0.3, 0.4) is 0 Å². The Morgan fingerprint density at radius 3 is 2.08 bits per heavy atom. The summed E-state index contributed by atoms with van der Waals surface area (Å²) in [5, 5.41) is 18.8. The summed E-state index contributed by atoms with van der Waals surface area (Å²) in [6, 6.07) is 45.6. The third-order valence-corrected chi connectivity index (χ3v) is 11.4. The zero-order valence-corrected chi connectivity index (χ0v) is 28.8. The Hall–Kier alpha value is -5.57. The van der Waals surface area contributed by atoms with Crippen molar-refractivity contribution in [1.82, 2.24) is 0 Å². The number of hydrogen-bond donors (Lipinski definition) is 1. The van der Waals surface area contributed by atoms with Gasteiger partial charge in [-0.2, -0.15) is 0 Å². The van der Waals surface area contributed by atoms with E-state index in [4.69, 9.17) is 0 Å². The Balaban J connectivity index is 1.12. The lowest BCUT2D eigenvalue weighted by molar-refractivity contribution is 0.483. The molecule has 0 aromatic heterocycles. The van der Waals surface area contributed by atoms with Gasteiger partial charge in [-0.15, -0.1) is 0 Å². The number of benzene rings is 7. The maximum atomic E-state index is 11.6. The van der Waals surface area contributed by atoms with Gasteiger partial charge < -0.3 is 5.11 Å². The molecule has 7 aromatic carbocycles. The fourth-order valence-electron chi connectivity index (χ4n) is 7.91. The molecule has 240 valence electrons. The Morgan fingerprint density at radius 1 is 0.700 bits per heavy atom. The Kier molecular flexibility index (Phi) is 7.75. The number of thioether (sulfide) groups is 1. The topological polar surface area (TPSA) is 20.2 Å². The van der Waals surface area contributed by atoms with Gasteiger partial charge in [0.2, 0.25) is 0 Å². The van der Waals surface area contributed by atoms with Crippen molar-refractivity contribution in [3.05, 3.63) is 179 Å². The summed E-state index contributed by atoms with van der Waals surface area (Å²) in [5.41, 5.74) is 10.9. The van der Waals surface area contributed by atoms with Gasteiger partial charge in [-0.1, -0.05) is 157 Å². The number of phenolic OH excluding ortho intramolecular Hbond substituents is 1. The average molecular weight is 661 g/mol. The summed E-state index contributed by atoms with van der Waals surface area (Å²) in [6.07, 6.45) is 14.3. The first-order valence-corrected chi connectivity index (χ1v) is 18.3. The minimum atomic E-state index is 0.361. The number of allylic oxidation sites excluding steroid dienone is 8. The van der Waals surface area contributed by atoms with E-state index in [1.807, 2.05) is 24.3 Å². The van der Waals surface area contributed by atoms with Crippen LogP contribution in [0.2, 0.25) is 0 Å². The molecule has 7 aromatic rings. The number of rotatable bonds is 5. The fourth-order valence-corrected chi connectivity index (χ4v) is 9.17. The summed E-state index contributed by atoms with van der Waals surface area (Å²) < 4.78 is 0. The lowest BCUT2D eigenvalue weighted by Gasteiger charge is -2.20. The molecular weight excluding hydrogens is 625 g/mol. The van der Waals surface area contributed by atoms with Crippen molar-refractivity contribution in [1.29, 1.82) is 0 Å². The molecule has 1 aliphatic heterocycles. The van der Waals surface area contributed by atoms with Gasteiger partial charge in [0, 0.05) is 22.3 Å². The zero-order chi connectivity index (χ0) is 33.6. The summed E-state index contributed by atoms with van der Waals surface area (Å²) in [6.45, 7) is 2.13. The first kappa shape index (κ1) is 30.5. The van der Waals surface area contributed by atoms with E-state index >= 15 is 0 Å². The molecule has 1 N–H and O–H groups in total. The molecule has 0 saturated carbocycles. The smallest absolute Gasteiger partial charge is 0.132 e. The van der Waals surface area contributed by atoms with Crippen molar-refractivity contribution in [2.75, 3.05) is 0 Å². The first-order chi connectivity index (χ1) is 24.7. The molecule has 9 rings (SSSR count). The SMILES string of the molecule is C/C=C(\C=C1/Cc2ccc3ccc(-c4ccccc4)c(O)c3c2S1)c1cccc(-c2c3ccccc3c(C3=CC=CCC3)c3ccccc23)c1. The van der Waals surface area contributed by atoms with E-state index in [0.29, 0.717) is 5.75 Å². The lowest BCUT2D eigenvalue weighted by Crippen LogP contribution is -1.95. The molecule has 0 saturated heterocycles. The molecule has 1 aliphatic carbocycles. The van der Waals surface area contributed by atoms with Crippen LogP contribution in [0.25, 0.3) is 65.7 Å². The largest absolute Gasteiger partial charge is 0.507 e. The maximum Gasteiger partial charge on any atom is 0.132 e. The minimum Gasteiger partial charge on any atom is -0.507 e. The normalized spacial score (nSPS) is 15.3. The van der Waals surface area contributed by atoms with Crippen LogP contribution in [0, 0.1) is 0 Å². The van der Waals surface area contributed by atoms with E-state index in [2.05, 4.69) is 140 Å². The zero-order valence-electron chi connectivity index (χ0n) is 28.0. The van der Waals surface area contributed by atoms with E-state index in [-0.39, 0.29) is 0 Å². The predicted octanol–water partition coefficient (Wildman–Crippen LogP) is 13.6. The molecule has 0 bridgehead atoms. The quantitative estimate of drug-likeness (QED) is 0.185. The molecule has 0 unspecified atom stereocenters. The molecule has 0 fully saturated rings. The molecule has 50 heavy (non-hydrogen) atoms. The second kappa shape index (κ2) is 12.7. The van der Waals surface area contributed by atoms with Crippen LogP contribution in [0.4, 0.5) is 0 Å². The minimum absolute atomic E-state index is 0.361. The molecular formula is C48H36OS. The van der Waals surface area contributed by atoms with E-state index in [1.54, 1.807) is 11.8 Å². The van der Waals surface area contributed by atoms with Crippen LogP contribution in [-0.2, 0) is 6.42 Å². The monoisotopic (exact) mass is 660 g/mol. The Bertz CT molecular complexity index is 2540. The van der Waals surface area contributed by atoms with Crippen molar-refractivity contribution in [3.63, 3.8) is 0 Å². The molecule has 0 radical (unpaired) electrons. The van der Waals surface area contributed by atoms with Gasteiger partial charge in [0.25, 0.3) is 0 Å². The summed E-state index contributed by atoms with van der Waals surface area (Å²) >= 11 is 1.79. The third-order valence-electron chi connectivity index (χ3n) is 10.3.